The smallest absolute Gasteiger partial charge is 0.224 e. The molecular formula is C15H18BrF2NO. The fraction of sp³-hybridized carbons (Fsp3) is 0.533. The normalized spacial score (nSPS) is 17.1. The highest BCUT2D eigenvalue weighted by Crippen LogP contribution is 2.38. The predicted molar refractivity (Wildman–Crippen MR) is 77.8 cm³/mol. The fourth-order valence-corrected chi connectivity index (χ4v) is 3.45. The van der Waals surface area contributed by atoms with Gasteiger partial charge in [0.2, 0.25) is 5.91 Å². The second kappa shape index (κ2) is 6.66. The van der Waals surface area contributed by atoms with Gasteiger partial charge in [0.1, 0.15) is 11.6 Å². The molecule has 0 atom stereocenters. The summed E-state index contributed by atoms with van der Waals surface area (Å²) in [5.74, 6) is -1.67. The summed E-state index contributed by atoms with van der Waals surface area (Å²) in [4.78, 5) is 11.9. The summed E-state index contributed by atoms with van der Waals surface area (Å²) >= 11 is 3.50. The molecule has 0 spiro atoms. The molecule has 1 aliphatic rings. The SMILES string of the molecule is O=C(Cc1c(F)cccc1F)NCC1(CBr)CCCC1. The third-order valence-corrected chi connectivity index (χ3v) is 5.20. The Morgan fingerprint density at radius 1 is 1.25 bits per heavy atom. The average molecular weight is 346 g/mol. The van der Waals surface area contributed by atoms with Crippen LogP contribution in [0.4, 0.5) is 8.78 Å². The van der Waals surface area contributed by atoms with Gasteiger partial charge in [0.05, 0.1) is 6.42 Å². The standard InChI is InChI=1S/C15H18BrF2NO/c16-9-15(6-1-2-7-15)10-19-14(20)8-11-12(17)4-3-5-13(11)18/h3-5H,1-2,6-10H2,(H,19,20). The Kier molecular flexibility index (Phi) is 5.13. The molecule has 0 aromatic heterocycles. The Hall–Kier alpha value is -0.970. The Labute approximate surface area is 126 Å². The minimum Gasteiger partial charge on any atom is -0.355 e. The summed E-state index contributed by atoms with van der Waals surface area (Å²) in [7, 11) is 0. The van der Waals surface area contributed by atoms with Crippen LogP contribution in [0.2, 0.25) is 0 Å². The number of alkyl halides is 1. The molecule has 1 N–H and O–H groups in total. The van der Waals surface area contributed by atoms with E-state index in [2.05, 4.69) is 21.2 Å². The molecule has 110 valence electrons. The first-order valence-electron chi connectivity index (χ1n) is 6.82. The zero-order valence-electron chi connectivity index (χ0n) is 11.2. The molecule has 1 saturated carbocycles. The van der Waals surface area contributed by atoms with E-state index >= 15 is 0 Å². The van der Waals surface area contributed by atoms with E-state index in [-0.39, 0.29) is 23.3 Å². The van der Waals surface area contributed by atoms with E-state index in [0.29, 0.717) is 6.54 Å². The Morgan fingerprint density at radius 2 is 1.85 bits per heavy atom. The molecule has 1 aromatic rings. The van der Waals surface area contributed by atoms with Gasteiger partial charge in [0, 0.05) is 17.4 Å². The quantitative estimate of drug-likeness (QED) is 0.812. The topological polar surface area (TPSA) is 29.1 Å². The van der Waals surface area contributed by atoms with Crippen molar-refractivity contribution in [1.29, 1.82) is 0 Å². The molecule has 0 aliphatic heterocycles. The molecule has 0 unspecified atom stereocenters. The second-order valence-electron chi connectivity index (χ2n) is 5.49. The van der Waals surface area contributed by atoms with E-state index in [1.807, 2.05) is 0 Å². The summed E-state index contributed by atoms with van der Waals surface area (Å²) in [6, 6.07) is 3.63. The van der Waals surface area contributed by atoms with Crippen LogP contribution in [0.5, 0.6) is 0 Å². The number of halogens is 3. The summed E-state index contributed by atoms with van der Waals surface area (Å²) in [5, 5.41) is 3.66. The van der Waals surface area contributed by atoms with Gasteiger partial charge in [-0.1, -0.05) is 34.8 Å². The van der Waals surface area contributed by atoms with Crippen LogP contribution in [0.25, 0.3) is 0 Å². The zero-order valence-corrected chi connectivity index (χ0v) is 12.8. The molecule has 20 heavy (non-hydrogen) atoms. The van der Waals surface area contributed by atoms with Crippen LogP contribution >= 0.6 is 15.9 Å². The maximum atomic E-state index is 13.5. The van der Waals surface area contributed by atoms with E-state index in [9.17, 15) is 13.6 Å². The van der Waals surface area contributed by atoms with Crippen molar-refractivity contribution < 1.29 is 13.6 Å². The highest BCUT2D eigenvalue weighted by atomic mass is 79.9. The largest absolute Gasteiger partial charge is 0.355 e. The van der Waals surface area contributed by atoms with Gasteiger partial charge in [-0.25, -0.2) is 8.78 Å². The molecule has 0 radical (unpaired) electrons. The third kappa shape index (κ3) is 3.57. The van der Waals surface area contributed by atoms with Crippen molar-refractivity contribution in [1.82, 2.24) is 5.32 Å². The minimum atomic E-state index is -0.670. The van der Waals surface area contributed by atoms with E-state index < -0.39 is 11.6 Å². The first-order valence-corrected chi connectivity index (χ1v) is 7.94. The molecule has 0 saturated heterocycles. The number of carbonyl (C=O) groups excluding carboxylic acids is 1. The van der Waals surface area contributed by atoms with Gasteiger partial charge in [0.15, 0.2) is 0 Å². The highest BCUT2D eigenvalue weighted by molar-refractivity contribution is 9.09. The number of rotatable bonds is 5. The first kappa shape index (κ1) is 15.4. The van der Waals surface area contributed by atoms with Crippen molar-refractivity contribution in [3.05, 3.63) is 35.4 Å². The lowest BCUT2D eigenvalue weighted by molar-refractivity contribution is -0.121. The van der Waals surface area contributed by atoms with Gasteiger partial charge in [-0.2, -0.15) is 0 Å². The fourth-order valence-electron chi connectivity index (χ4n) is 2.69. The molecule has 0 bridgehead atoms. The number of carbonyl (C=O) groups is 1. The molecular weight excluding hydrogens is 328 g/mol. The summed E-state index contributed by atoms with van der Waals surface area (Å²) in [6.45, 7) is 0.563. The lowest BCUT2D eigenvalue weighted by Crippen LogP contribution is -2.38. The maximum Gasteiger partial charge on any atom is 0.224 e. The third-order valence-electron chi connectivity index (χ3n) is 4.01. The van der Waals surface area contributed by atoms with E-state index in [1.54, 1.807) is 0 Å². The molecule has 1 aliphatic carbocycles. The number of nitrogens with one attached hydrogen (secondary N) is 1. The summed E-state index contributed by atoms with van der Waals surface area (Å²) in [5.41, 5.74) is -0.0620. The molecule has 0 heterocycles. The summed E-state index contributed by atoms with van der Waals surface area (Å²) in [6.07, 6.45) is 4.24. The van der Waals surface area contributed by atoms with Crippen molar-refractivity contribution in [2.75, 3.05) is 11.9 Å². The van der Waals surface area contributed by atoms with Gasteiger partial charge in [0.25, 0.3) is 0 Å². The molecule has 1 fully saturated rings. The van der Waals surface area contributed by atoms with E-state index in [1.165, 1.54) is 31.0 Å². The predicted octanol–water partition coefficient (Wildman–Crippen LogP) is 3.58. The van der Waals surface area contributed by atoms with Gasteiger partial charge in [-0.05, 0) is 30.4 Å². The van der Waals surface area contributed by atoms with Crippen LogP contribution in [-0.2, 0) is 11.2 Å². The van der Waals surface area contributed by atoms with Crippen LogP contribution in [0, 0.1) is 17.0 Å². The number of hydrogen-bond acceptors (Lipinski definition) is 1. The number of benzene rings is 1. The van der Waals surface area contributed by atoms with Crippen LogP contribution in [0.3, 0.4) is 0 Å². The van der Waals surface area contributed by atoms with Crippen LogP contribution in [-0.4, -0.2) is 17.8 Å². The van der Waals surface area contributed by atoms with Crippen molar-refractivity contribution in [2.45, 2.75) is 32.1 Å². The van der Waals surface area contributed by atoms with Gasteiger partial charge < -0.3 is 5.32 Å². The van der Waals surface area contributed by atoms with Gasteiger partial charge in [-0.3, -0.25) is 4.79 Å². The number of amides is 1. The van der Waals surface area contributed by atoms with E-state index in [4.69, 9.17) is 0 Å². The van der Waals surface area contributed by atoms with Gasteiger partial charge >= 0.3 is 0 Å². The van der Waals surface area contributed by atoms with E-state index in [0.717, 1.165) is 18.2 Å². The Balaban J connectivity index is 1.93. The van der Waals surface area contributed by atoms with Crippen LogP contribution in [0.15, 0.2) is 18.2 Å². The zero-order chi connectivity index (χ0) is 14.6. The lowest BCUT2D eigenvalue weighted by Gasteiger charge is -2.26. The first-order chi connectivity index (χ1) is 9.56. The highest BCUT2D eigenvalue weighted by Gasteiger charge is 2.33. The van der Waals surface area contributed by atoms with Crippen LogP contribution < -0.4 is 5.32 Å². The Bertz CT molecular complexity index is 467. The molecule has 5 heteroatoms. The second-order valence-corrected chi connectivity index (χ2v) is 6.06. The van der Waals surface area contributed by atoms with Gasteiger partial charge in [-0.15, -0.1) is 0 Å². The monoisotopic (exact) mass is 345 g/mol. The van der Waals surface area contributed by atoms with Crippen molar-refractivity contribution in [3.63, 3.8) is 0 Å². The molecule has 2 rings (SSSR count). The molecule has 2 nitrogen and oxygen atoms in total. The van der Waals surface area contributed by atoms with Crippen molar-refractivity contribution in [2.24, 2.45) is 5.41 Å². The van der Waals surface area contributed by atoms with Crippen molar-refractivity contribution >= 4 is 21.8 Å². The van der Waals surface area contributed by atoms with Crippen molar-refractivity contribution in [3.8, 4) is 0 Å². The molecule has 1 amide bonds. The lowest BCUT2D eigenvalue weighted by atomic mass is 9.89. The average Bonchev–Trinajstić information content (AvgIpc) is 2.90. The maximum absolute atomic E-state index is 13.5. The number of hydrogen-bond donors (Lipinski definition) is 1. The minimum absolute atomic E-state index is 0.101. The van der Waals surface area contributed by atoms with Crippen LogP contribution in [0.1, 0.15) is 31.2 Å². The summed E-state index contributed by atoms with van der Waals surface area (Å²) < 4.78 is 26.9. The Morgan fingerprint density at radius 3 is 2.40 bits per heavy atom. The molecule has 1 aromatic carbocycles.